The molecule has 1 amide bonds. The van der Waals surface area contributed by atoms with Crippen molar-refractivity contribution in [2.24, 2.45) is 5.92 Å². The van der Waals surface area contributed by atoms with Crippen LogP contribution in [-0.2, 0) is 22.1 Å². The van der Waals surface area contributed by atoms with Crippen LogP contribution in [0.5, 0.6) is 0 Å². The van der Waals surface area contributed by atoms with Gasteiger partial charge in [0, 0.05) is 45.0 Å². The predicted molar refractivity (Wildman–Crippen MR) is 138 cm³/mol. The van der Waals surface area contributed by atoms with Gasteiger partial charge in [0.25, 0.3) is 0 Å². The highest BCUT2D eigenvalue weighted by Gasteiger charge is 2.43. The van der Waals surface area contributed by atoms with Crippen molar-refractivity contribution in [2.45, 2.75) is 25.1 Å². The number of ether oxygens (including phenoxy) is 1. The normalized spacial score (nSPS) is 21.8. The second kappa shape index (κ2) is 11.2. The third-order valence-electron chi connectivity index (χ3n) is 7.80. The van der Waals surface area contributed by atoms with Gasteiger partial charge in [0.2, 0.25) is 5.91 Å². The summed E-state index contributed by atoms with van der Waals surface area (Å²) in [7, 11) is 0. The van der Waals surface area contributed by atoms with E-state index in [1.807, 2.05) is 18.2 Å². The second-order valence-corrected chi connectivity index (χ2v) is 10.1. The lowest BCUT2D eigenvalue weighted by atomic mass is 9.82. The number of carbonyl (C=O) groups excluding carboxylic acids is 1. The van der Waals surface area contributed by atoms with Crippen molar-refractivity contribution in [1.29, 1.82) is 5.26 Å². The Bertz CT molecular complexity index is 1190. The number of morpholine rings is 1. The molecule has 2 atom stereocenters. The first-order valence-corrected chi connectivity index (χ1v) is 13.1. The fourth-order valence-corrected chi connectivity index (χ4v) is 5.83. The van der Waals surface area contributed by atoms with E-state index in [0.717, 1.165) is 56.7 Å². The van der Waals surface area contributed by atoms with Crippen molar-refractivity contribution in [2.75, 3.05) is 68.8 Å². The molecule has 2 fully saturated rings. The third kappa shape index (κ3) is 5.59. The fraction of sp³-hybridized carbons (Fsp3) is 0.500. The third-order valence-corrected chi connectivity index (χ3v) is 7.80. The van der Waals surface area contributed by atoms with E-state index in [1.54, 1.807) is 12.1 Å². The van der Waals surface area contributed by atoms with Crippen LogP contribution >= 0.6 is 0 Å². The number of nitrogens with one attached hydrogen (secondary N) is 1. The lowest BCUT2D eigenvalue weighted by molar-refractivity contribution is -0.137. The Morgan fingerprint density at radius 2 is 1.87 bits per heavy atom. The number of benzene rings is 2. The molecule has 3 aliphatic heterocycles. The Hall–Kier alpha value is -3.29. The average molecular weight is 528 g/mol. The lowest BCUT2D eigenvalue weighted by Crippen LogP contribution is -2.61. The zero-order chi connectivity index (χ0) is 26.7. The number of hydrogen-bond donors (Lipinski definition) is 1. The SMILES string of the molecule is N#Cc1ccccc1N1CCN2c3ccc(C(F)(F)F)cc3CC(C(=O)NCCCN3CCOCC3)C2C1. The number of amides is 1. The maximum Gasteiger partial charge on any atom is 0.416 e. The summed E-state index contributed by atoms with van der Waals surface area (Å²) in [5.74, 6) is -0.646. The van der Waals surface area contributed by atoms with E-state index in [1.165, 1.54) is 6.07 Å². The quantitative estimate of drug-likeness (QED) is 0.582. The molecule has 2 saturated heterocycles. The highest BCUT2D eigenvalue weighted by atomic mass is 19.4. The molecule has 3 aliphatic rings. The zero-order valence-corrected chi connectivity index (χ0v) is 21.2. The second-order valence-electron chi connectivity index (χ2n) is 10.1. The number of piperazine rings is 1. The van der Waals surface area contributed by atoms with E-state index in [4.69, 9.17) is 4.74 Å². The monoisotopic (exact) mass is 527 g/mol. The Labute approximate surface area is 220 Å². The summed E-state index contributed by atoms with van der Waals surface area (Å²) in [5.41, 5.74) is 2.00. The van der Waals surface area contributed by atoms with Gasteiger partial charge in [0.15, 0.2) is 0 Å². The number of carbonyl (C=O) groups is 1. The molecule has 0 aromatic heterocycles. The Kier molecular flexibility index (Phi) is 7.77. The van der Waals surface area contributed by atoms with E-state index in [2.05, 4.69) is 26.1 Å². The number of fused-ring (bicyclic) bond motifs is 3. The van der Waals surface area contributed by atoms with Gasteiger partial charge >= 0.3 is 6.18 Å². The molecule has 0 aliphatic carbocycles. The largest absolute Gasteiger partial charge is 0.416 e. The Morgan fingerprint density at radius 3 is 2.63 bits per heavy atom. The number of nitriles is 1. The first-order chi connectivity index (χ1) is 18.3. The minimum Gasteiger partial charge on any atom is -0.379 e. The maximum atomic E-state index is 13.5. The van der Waals surface area contributed by atoms with Gasteiger partial charge in [-0.1, -0.05) is 12.1 Å². The number of alkyl halides is 3. The summed E-state index contributed by atoms with van der Waals surface area (Å²) < 4.78 is 45.8. The van der Waals surface area contributed by atoms with E-state index in [-0.39, 0.29) is 18.4 Å². The topological polar surface area (TPSA) is 71.8 Å². The summed E-state index contributed by atoms with van der Waals surface area (Å²) in [5, 5.41) is 12.7. The lowest BCUT2D eigenvalue weighted by Gasteiger charge is -2.50. The molecule has 0 spiro atoms. The van der Waals surface area contributed by atoms with E-state index in [9.17, 15) is 23.2 Å². The standard InChI is InChI=1S/C28H32F3N5O2/c29-28(30,31)22-6-7-25-21(16-22)17-23(27(37)33-8-3-9-34-12-14-38-15-13-34)26-19-35(10-11-36(25)26)24-5-2-1-4-20(24)18-32/h1-2,4-7,16,23,26H,3,8-15,17,19H2,(H,33,37). The molecule has 0 saturated carbocycles. The highest BCUT2D eigenvalue weighted by molar-refractivity contribution is 5.82. The van der Waals surface area contributed by atoms with Crippen molar-refractivity contribution >= 4 is 17.3 Å². The molecule has 38 heavy (non-hydrogen) atoms. The van der Waals surface area contributed by atoms with E-state index < -0.39 is 17.7 Å². The van der Waals surface area contributed by atoms with Crippen LogP contribution in [-0.4, -0.2) is 75.9 Å². The molecule has 2 unspecified atom stereocenters. The summed E-state index contributed by atoms with van der Waals surface area (Å²) >= 11 is 0. The van der Waals surface area contributed by atoms with Crippen LogP contribution in [0.1, 0.15) is 23.1 Å². The molecule has 1 N–H and O–H groups in total. The van der Waals surface area contributed by atoms with Gasteiger partial charge in [-0.2, -0.15) is 18.4 Å². The van der Waals surface area contributed by atoms with Gasteiger partial charge in [-0.3, -0.25) is 9.69 Å². The molecule has 202 valence electrons. The molecule has 0 radical (unpaired) electrons. The molecule has 2 aromatic carbocycles. The van der Waals surface area contributed by atoms with Crippen LogP contribution in [0.25, 0.3) is 0 Å². The number of halogens is 3. The number of anilines is 2. The zero-order valence-electron chi connectivity index (χ0n) is 21.2. The summed E-state index contributed by atoms with van der Waals surface area (Å²) in [6, 6.07) is 13.3. The van der Waals surface area contributed by atoms with Crippen molar-refractivity contribution < 1.29 is 22.7 Å². The van der Waals surface area contributed by atoms with E-state index in [0.29, 0.717) is 37.3 Å². The van der Waals surface area contributed by atoms with Crippen LogP contribution < -0.4 is 15.1 Å². The molecule has 5 rings (SSSR count). The molecule has 10 heteroatoms. The molecule has 0 bridgehead atoms. The smallest absolute Gasteiger partial charge is 0.379 e. The van der Waals surface area contributed by atoms with Crippen molar-refractivity contribution in [3.8, 4) is 6.07 Å². The minimum atomic E-state index is -4.44. The van der Waals surface area contributed by atoms with Crippen LogP contribution in [0.4, 0.5) is 24.5 Å². The van der Waals surface area contributed by atoms with Gasteiger partial charge in [0.05, 0.1) is 42.0 Å². The van der Waals surface area contributed by atoms with Crippen LogP contribution in [0.2, 0.25) is 0 Å². The number of nitrogens with zero attached hydrogens (tertiary/aromatic N) is 4. The summed E-state index contributed by atoms with van der Waals surface area (Å²) in [6.07, 6.45) is -3.41. The maximum absolute atomic E-state index is 13.5. The van der Waals surface area contributed by atoms with Gasteiger partial charge < -0.3 is 19.9 Å². The van der Waals surface area contributed by atoms with Crippen molar-refractivity contribution in [1.82, 2.24) is 10.2 Å². The Balaban J connectivity index is 1.35. The molecular formula is C28H32F3N5O2. The van der Waals surface area contributed by atoms with Gasteiger partial charge in [-0.25, -0.2) is 0 Å². The predicted octanol–water partition coefficient (Wildman–Crippen LogP) is 3.28. The summed E-state index contributed by atoms with van der Waals surface area (Å²) in [4.78, 5) is 20.0. The van der Waals surface area contributed by atoms with Crippen molar-refractivity contribution in [3.05, 3.63) is 59.2 Å². The molecule has 3 heterocycles. The number of hydrogen-bond acceptors (Lipinski definition) is 6. The van der Waals surface area contributed by atoms with Crippen LogP contribution in [0.3, 0.4) is 0 Å². The van der Waals surface area contributed by atoms with Crippen LogP contribution in [0.15, 0.2) is 42.5 Å². The van der Waals surface area contributed by atoms with Crippen molar-refractivity contribution in [3.63, 3.8) is 0 Å². The fourth-order valence-electron chi connectivity index (χ4n) is 5.83. The average Bonchev–Trinajstić information content (AvgIpc) is 2.94. The number of para-hydroxylation sites is 1. The highest BCUT2D eigenvalue weighted by Crippen LogP contribution is 2.40. The Morgan fingerprint density at radius 1 is 1.08 bits per heavy atom. The molecular weight excluding hydrogens is 495 g/mol. The number of rotatable bonds is 6. The van der Waals surface area contributed by atoms with Gasteiger partial charge in [0.1, 0.15) is 6.07 Å². The van der Waals surface area contributed by atoms with E-state index >= 15 is 0 Å². The first kappa shape index (κ1) is 26.3. The molecule has 2 aromatic rings. The van der Waals surface area contributed by atoms with Gasteiger partial charge in [-0.05, 0) is 55.3 Å². The summed E-state index contributed by atoms with van der Waals surface area (Å²) in [6.45, 7) is 6.22. The first-order valence-electron chi connectivity index (χ1n) is 13.1. The van der Waals surface area contributed by atoms with Gasteiger partial charge in [-0.15, -0.1) is 0 Å². The minimum absolute atomic E-state index is 0.138. The molecule has 7 nitrogen and oxygen atoms in total. The van der Waals surface area contributed by atoms with Crippen LogP contribution in [0, 0.1) is 17.2 Å².